The summed E-state index contributed by atoms with van der Waals surface area (Å²) in [7, 11) is 0. The maximum atomic E-state index is 11.9. The van der Waals surface area contributed by atoms with Crippen molar-refractivity contribution in [3.63, 3.8) is 0 Å². The highest BCUT2D eigenvalue weighted by Crippen LogP contribution is 2.22. The Kier molecular flexibility index (Phi) is 6.35. The number of carbonyl (C=O) groups is 1. The summed E-state index contributed by atoms with van der Waals surface area (Å²) >= 11 is 0. The van der Waals surface area contributed by atoms with Crippen molar-refractivity contribution in [3.05, 3.63) is 30.3 Å². The van der Waals surface area contributed by atoms with E-state index in [1.165, 1.54) is 31.6 Å². The van der Waals surface area contributed by atoms with Crippen molar-refractivity contribution < 1.29 is 4.79 Å². The number of rotatable bonds is 7. The zero-order chi connectivity index (χ0) is 16.6. The molecular weight excluding hydrogens is 300 g/mol. The van der Waals surface area contributed by atoms with E-state index in [0.29, 0.717) is 5.92 Å². The van der Waals surface area contributed by atoms with Crippen LogP contribution in [0, 0.1) is 5.92 Å². The van der Waals surface area contributed by atoms with Gasteiger partial charge in [0.1, 0.15) is 0 Å². The van der Waals surface area contributed by atoms with Gasteiger partial charge in [-0.15, -0.1) is 0 Å². The Balaban J connectivity index is 1.26. The van der Waals surface area contributed by atoms with Gasteiger partial charge >= 0.3 is 6.03 Å². The van der Waals surface area contributed by atoms with E-state index in [1.807, 2.05) is 6.07 Å². The van der Waals surface area contributed by atoms with Gasteiger partial charge in [0, 0.05) is 31.9 Å². The van der Waals surface area contributed by atoms with E-state index in [1.54, 1.807) is 0 Å². The van der Waals surface area contributed by atoms with Crippen LogP contribution in [0.25, 0.3) is 0 Å². The predicted octanol–water partition coefficient (Wildman–Crippen LogP) is 2.30. The van der Waals surface area contributed by atoms with Crippen molar-refractivity contribution in [2.75, 3.05) is 50.7 Å². The zero-order valence-electron chi connectivity index (χ0n) is 14.5. The molecular formula is C19H30N4O. The quantitative estimate of drug-likeness (QED) is 0.754. The Morgan fingerprint density at radius 1 is 1.08 bits per heavy atom. The number of benzene rings is 1. The van der Waals surface area contributed by atoms with Crippen LogP contribution >= 0.6 is 0 Å². The van der Waals surface area contributed by atoms with Crippen molar-refractivity contribution in [2.45, 2.75) is 25.7 Å². The lowest BCUT2D eigenvalue weighted by atomic mass is 10.1. The molecule has 3 rings (SSSR count). The van der Waals surface area contributed by atoms with Gasteiger partial charge in [0.25, 0.3) is 0 Å². The molecule has 2 saturated heterocycles. The number of urea groups is 1. The second-order valence-electron chi connectivity index (χ2n) is 6.98. The van der Waals surface area contributed by atoms with E-state index in [0.717, 1.165) is 45.6 Å². The molecule has 0 saturated carbocycles. The van der Waals surface area contributed by atoms with Gasteiger partial charge in [0.15, 0.2) is 0 Å². The van der Waals surface area contributed by atoms with Crippen LogP contribution in [0.4, 0.5) is 10.5 Å². The lowest BCUT2D eigenvalue weighted by Gasteiger charge is -2.19. The van der Waals surface area contributed by atoms with Gasteiger partial charge in [-0.1, -0.05) is 18.2 Å². The molecule has 0 aliphatic carbocycles. The molecule has 2 aliphatic heterocycles. The fourth-order valence-corrected chi connectivity index (χ4v) is 3.68. The molecule has 0 spiro atoms. The Bertz CT molecular complexity index is 501. The molecule has 24 heavy (non-hydrogen) atoms. The summed E-state index contributed by atoms with van der Waals surface area (Å²) in [6.45, 7) is 7.20. The van der Waals surface area contributed by atoms with Crippen LogP contribution in [0.1, 0.15) is 25.7 Å². The Morgan fingerprint density at radius 2 is 1.88 bits per heavy atom. The van der Waals surface area contributed by atoms with Gasteiger partial charge in [-0.05, 0) is 63.4 Å². The zero-order valence-corrected chi connectivity index (χ0v) is 14.5. The van der Waals surface area contributed by atoms with Crippen LogP contribution in [0.15, 0.2) is 30.3 Å². The smallest absolute Gasteiger partial charge is 0.314 e. The minimum absolute atomic E-state index is 0.0189. The molecule has 2 aliphatic rings. The van der Waals surface area contributed by atoms with E-state index in [-0.39, 0.29) is 6.03 Å². The van der Waals surface area contributed by atoms with E-state index >= 15 is 0 Å². The monoisotopic (exact) mass is 330 g/mol. The fourth-order valence-electron chi connectivity index (χ4n) is 3.68. The average Bonchev–Trinajstić information content (AvgIpc) is 3.29. The van der Waals surface area contributed by atoms with Crippen molar-refractivity contribution in [1.29, 1.82) is 0 Å². The molecule has 132 valence electrons. The first-order valence-electron chi connectivity index (χ1n) is 9.35. The number of hydrogen-bond acceptors (Lipinski definition) is 3. The van der Waals surface area contributed by atoms with Gasteiger partial charge in [0.05, 0.1) is 0 Å². The number of nitrogens with zero attached hydrogens (tertiary/aromatic N) is 2. The summed E-state index contributed by atoms with van der Waals surface area (Å²) in [6.07, 6.45) is 4.84. The van der Waals surface area contributed by atoms with Crippen LogP contribution < -0.4 is 15.5 Å². The van der Waals surface area contributed by atoms with Gasteiger partial charge in [-0.25, -0.2) is 4.79 Å². The van der Waals surface area contributed by atoms with Crippen LogP contribution in [0.5, 0.6) is 0 Å². The summed E-state index contributed by atoms with van der Waals surface area (Å²) in [4.78, 5) is 16.8. The van der Waals surface area contributed by atoms with Gasteiger partial charge in [-0.2, -0.15) is 0 Å². The maximum Gasteiger partial charge on any atom is 0.314 e. The molecule has 5 nitrogen and oxygen atoms in total. The molecule has 0 bridgehead atoms. The van der Waals surface area contributed by atoms with Gasteiger partial charge in [0.2, 0.25) is 0 Å². The number of nitrogens with one attached hydrogen (secondary N) is 2. The molecule has 1 atom stereocenters. The number of likely N-dealkylation sites (tertiary alicyclic amines) is 1. The van der Waals surface area contributed by atoms with Crippen LogP contribution in [-0.2, 0) is 0 Å². The number of hydrogen-bond donors (Lipinski definition) is 2. The Morgan fingerprint density at radius 3 is 2.67 bits per heavy atom. The first kappa shape index (κ1) is 17.1. The second kappa shape index (κ2) is 8.92. The SMILES string of the molecule is O=C(NCCCN1CCCC1)NCC1CCN(c2ccccc2)C1. The van der Waals surface area contributed by atoms with Crippen molar-refractivity contribution >= 4 is 11.7 Å². The van der Waals surface area contributed by atoms with E-state index in [4.69, 9.17) is 0 Å². The molecule has 0 aromatic heterocycles. The van der Waals surface area contributed by atoms with Crippen LogP contribution in [-0.4, -0.2) is 56.7 Å². The van der Waals surface area contributed by atoms with Crippen molar-refractivity contribution in [1.82, 2.24) is 15.5 Å². The van der Waals surface area contributed by atoms with Gasteiger partial charge in [-0.3, -0.25) is 0 Å². The van der Waals surface area contributed by atoms with E-state index in [2.05, 4.69) is 44.7 Å². The number of anilines is 1. The summed E-state index contributed by atoms with van der Waals surface area (Å²) < 4.78 is 0. The lowest BCUT2D eigenvalue weighted by Crippen LogP contribution is -2.39. The Labute approximate surface area is 145 Å². The first-order chi connectivity index (χ1) is 11.8. The topological polar surface area (TPSA) is 47.6 Å². The van der Waals surface area contributed by atoms with Crippen molar-refractivity contribution in [3.8, 4) is 0 Å². The maximum absolute atomic E-state index is 11.9. The molecule has 1 aromatic rings. The molecule has 1 unspecified atom stereocenters. The van der Waals surface area contributed by atoms with Crippen LogP contribution in [0.2, 0.25) is 0 Å². The normalized spacial score (nSPS) is 21.2. The molecule has 0 radical (unpaired) electrons. The minimum atomic E-state index is -0.0189. The largest absolute Gasteiger partial charge is 0.371 e. The third-order valence-electron chi connectivity index (χ3n) is 5.09. The Hall–Kier alpha value is -1.75. The summed E-state index contributed by atoms with van der Waals surface area (Å²) in [5.74, 6) is 0.542. The van der Waals surface area contributed by atoms with Crippen LogP contribution in [0.3, 0.4) is 0 Å². The standard InChI is InChI=1S/C19H30N4O/c24-19(20-10-6-13-22-11-4-5-12-22)21-15-17-9-14-23(16-17)18-7-2-1-3-8-18/h1-3,7-8,17H,4-6,9-16H2,(H2,20,21,24). The highest BCUT2D eigenvalue weighted by atomic mass is 16.2. The summed E-state index contributed by atoms with van der Waals surface area (Å²) in [5, 5.41) is 6.02. The minimum Gasteiger partial charge on any atom is -0.371 e. The van der Waals surface area contributed by atoms with Crippen molar-refractivity contribution in [2.24, 2.45) is 5.92 Å². The van der Waals surface area contributed by atoms with E-state index < -0.39 is 0 Å². The number of amides is 2. The molecule has 2 amide bonds. The second-order valence-corrected chi connectivity index (χ2v) is 6.98. The molecule has 2 fully saturated rings. The third-order valence-corrected chi connectivity index (χ3v) is 5.09. The summed E-state index contributed by atoms with van der Waals surface area (Å²) in [5.41, 5.74) is 1.28. The molecule has 2 heterocycles. The molecule has 1 aromatic carbocycles. The average molecular weight is 330 g/mol. The third kappa shape index (κ3) is 5.13. The molecule has 2 N–H and O–H groups in total. The highest BCUT2D eigenvalue weighted by Gasteiger charge is 2.22. The first-order valence-corrected chi connectivity index (χ1v) is 9.35. The number of para-hydroxylation sites is 1. The summed E-state index contributed by atoms with van der Waals surface area (Å²) in [6, 6.07) is 10.5. The predicted molar refractivity (Wildman–Crippen MR) is 98.5 cm³/mol. The fraction of sp³-hybridized carbons (Fsp3) is 0.632. The highest BCUT2D eigenvalue weighted by molar-refractivity contribution is 5.73. The van der Waals surface area contributed by atoms with E-state index in [9.17, 15) is 4.79 Å². The number of carbonyl (C=O) groups excluding carboxylic acids is 1. The molecule has 5 heteroatoms. The van der Waals surface area contributed by atoms with Gasteiger partial charge < -0.3 is 20.4 Å². The lowest BCUT2D eigenvalue weighted by molar-refractivity contribution is 0.238.